The van der Waals surface area contributed by atoms with Crippen LogP contribution in [0.3, 0.4) is 0 Å². The average Bonchev–Trinajstić information content (AvgIpc) is 3.22. The fourth-order valence-corrected chi connectivity index (χ4v) is 3.83. The third kappa shape index (κ3) is 3.99. The van der Waals surface area contributed by atoms with Crippen molar-refractivity contribution in [1.29, 1.82) is 0 Å². The highest BCUT2D eigenvalue weighted by molar-refractivity contribution is 5.76. The number of carbonyl (C=O) groups excluding carboxylic acids is 2. The molecular formula is C19H28N2O4. The molecule has 3 heterocycles. The van der Waals surface area contributed by atoms with E-state index in [0.29, 0.717) is 32.5 Å². The molecule has 0 N–H and O–H groups in total. The highest BCUT2D eigenvalue weighted by Crippen LogP contribution is 2.34. The molecule has 1 aromatic rings. The zero-order chi connectivity index (χ0) is 17.9. The quantitative estimate of drug-likeness (QED) is 0.792. The lowest BCUT2D eigenvalue weighted by Gasteiger charge is -2.37. The Morgan fingerprint density at radius 3 is 2.76 bits per heavy atom. The number of hydrogen-bond acceptors (Lipinski definition) is 4. The van der Waals surface area contributed by atoms with Crippen LogP contribution in [-0.2, 0) is 16.0 Å². The second-order valence-electron chi connectivity index (χ2n) is 7.28. The lowest BCUT2D eigenvalue weighted by Crippen LogP contribution is -2.49. The first-order valence-corrected chi connectivity index (χ1v) is 9.33. The fraction of sp³-hybridized carbons (Fsp3) is 0.684. The number of hydrogen-bond donors (Lipinski definition) is 0. The zero-order valence-corrected chi connectivity index (χ0v) is 15.2. The maximum absolute atomic E-state index is 12.4. The summed E-state index contributed by atoms with van der Waals surface area (Å²) in [6.07, 6.45) is 6.01. The highest BCUT2D eigenvalue weighted by Gasteiger charge is 2.48. The average molecular weight is 348 g/mol. The maximum Gasteiger partial charge on any atom is 0.410 e. The zero-order valence-electron chi connectivity index (χ0n) is 15.2. The Hall–Kier alpha value is -1.98. The van der Waals surface area contributed by atoms with Crippen LogP contribution < -0.4 is 0 Å². The molecule has 0 aromatic carbocycles. The summed E-state index contributed by atoms with van der Waals surface area (Å²) in [4.78, 5) is 28.4. The Morgan fingerprint density at radius 1 is 1.36 bits per heavy atom. The predicted octanol–water partition coefficient (Wildman–Crippen LogP) is 3.21. The van der Waals surface area contributed by atoms with Crippen molar-refractivity contribution in [3.05, 3.63) is 24.2 Å². The van der Waals surface area contributed by atoms with Crippen LogP contribution in [-0.4, -0.2) is 53.1 Å². The topological polar surface area (TPSA) is 63.0 Å². The molecule has 2 aliphatic rings. The van der Waals surface area contributed by atoms with Crippen molar-refractivity contribution in [2.75, 3.05) is 19.6 Å². The molecule has 0 aliphatic carbocycles. The number of carbonyl (C=O) groups is 2. The summed E-state index contributed by atoms with van der Waals surface area (Å²) in [6, 6.07) is 3.94. The Bertz CT molecular complexity index is 591. The molecule has 6 heteroatoms. The number of piperidine rings is 1. The van der Waals surface area contributed by atoms with E-state index in [2.05, 4.69) is 13.8 Å². The van der Waals surface area contributed by atoms with Gasteiger partial charge in [-0.05, 0) is 25.5 Å². The number of likely N-dealkylation sites (tertiary alicyclic amines) is 1. The molecule has 2 aliphatic heterocycles. The van der Waals surface area contributed by atoms with Gasteiger partial charge in [-0.2, -0.15) is 0 Å². The van der Waals surface area contributed by atoms with Crippen molar-refractivity contribution in [2.24, 2.45) is 0 Å². The number of ether oxygens (including phenoxy) is 1. The molecule has 1 spiro atoms. The van der Waals surface area contributed by atoms with Gasteiger partial charge < -0.3 is 19.0 Å². The minimum Gasteiger partial charge on any atom is -0.469 e. The SMILES string of the molecule is CCCC(C)N1CC2(CCN(C(=O)CCc3ccco3)CC2)OC1=O. The lowest BCUT2D eigenvalue weighted by atomic mass is 9.90. The van der Waals surface area contributed by atoms with E-state index in [1.807, 2.05) is 21.9 Å². The van der Waals surface area contributed by atoms with E-state index in [9.17, 15) is 9.59 Å². The third-order valence-corrected chi connectivity index (χ3v) is 5.43. The second kappa shape index (κ2) is 7.50. The Kier molecular flexibility index (Phi) is 5.35. The number of amides is 2. The second-order valence-corrected chi connectivity index (χ2v) is 7.28. The highest BCUT2D eigenvalue weighted by atomic mass is 16.6. The van der Waals surface area contributed by atoms with Crippen LogP contribution in [0.1, 0.15) is 51.7 Å². The summed E-state index contributed by atoms with van der Waals surface area (Å²) < 4.78 is 11.0. The summed E-state index contributed by atoms with van der Waals surface area (Å²) in [7, 11) is 0. The van der Waals surface area contributed by atoms with Crippen molar-refractivity contribution in [3.8, 4) is 0 Å². The van der Waals surface area contributed by atoms with Gasteiger partial charge in [0.15, 0.2) is 0 Å². The van der Waals surface area contributed by atoms with Gasteiger partial charge in [-0.25, -0.2) is 4.79 Å². The molecule has 138 valence electrons. The van der Waals surface area contributed by atoms with Crippen LogP contribution in [0.5, 0.6) is 0 Å². The molecule has 25 heavy (non-hydrogen) atoms. The first-order chi connectivity index (χ1) is 12.0. The molecule has 1 atom stereocenters. The molecule has 2 amide bonds. The Morgan fingerprint density at radius 2 is 2.12 bits per heavy atom. The van der Waals surface area contributed by atoms with Gasteiger partial charge in [0, 0.05) is 44.8 Å². The van der Waals surface area contributed by atoms with E-state index in [1.165, 1.54) is 0 Å². The largest absolute Gasteiger partial charge is 0.469 e. The number of aryl methyl sites for hydroxylation is 1. The van der Waals surface area contributed by atoms with E-state index < -0.39 is 5.60 Å². The van der Waals surface area contributed by atoms with Gasteiger partial charge in [0.2, 0.25) is 5.91 Å². The molecule has 0 radical (unpaired) electrons. The molecule has 2 saturated heterocycles. The van der Waals surface area contributed by atoms with Crippen LogP contribution in [0.25, 0.3) is 0 Å². The fourth-order valence-electron chi connectivity index (χ4n) is 3.83. The van der Waals surface area contributed by atoms with E-state index in [-0.39, 0.29) is 18.0 Å². The number of rotatable bonds is 6. The number of furan rings is 1. The number of nitrogens with zero attached hydrogens (tertiary/aromatic N) is 2. The minimum atomic E-state index is -0.406. The normalized spacial score (nSPS) is 20.8. The van der Waals surface area contributed by atoms with E-state index in [0.717, 1.165) is 31.4 Å². The first-order valence-electron chi connectivity index (χ1n) is 9.33. The van der Waals surface area contributed by atoms with Gasteiger partial charge in [0.25, 0.3) is 0 Å². The summed E-state index contributed by atoms with van der Waals surface area (Å²) in [6.45, 7) is 6.17. The van der Waals surface area contributed by atoms with E-state index in [4.69, 9.17) is 9.15 Å². The van der Waals surface area contributed by atoms with Crippen molar-refractivity contribution in [2.45, 2.75) is 64.0 Å². The molecule has 0 bridgehead atoms. The van der Waals surface area contributed by atoms with E-state index in [1.54, 1.807) is 6.26 Å². The van der Waals surface area contributed by atoms with Gasteiger partial charge in [0.05, 0.1) is 12.8 Å². The smallest absolute Gasteiger partial charge is 0.410 e. The van der Waals surface area contributed by atoms with Gasteiger partial charge >= 0.3 is 6.09 Å². The molecule has 6 nitrogen and oxygen atoms in total. The summed E-state index contributed by atoms with van der Waals surface area (Å²) in [5.41, 5.74) is -0.406. The molecule has 1 unspecified atom stereocenters. The van der Waals surface area contributed by atoms with Gasteiger partial charge in [0.1, 0.15) is 11.4 Å². The van der Waals surface area contributed by atoms with Crippen molar-refractivity contribution in [1.82, 2.24) is 9.80 Å². The van der Waals surface area contributed by atoms with Gasteiger partial charge in [-0.3, -0.25) is 4.79 Å². The summed E-state index contributed by atoms with van der Waals surface area (Å²) >= 11 is 0. The Labute approximate surface area is 149 Å². The molecule has 2 fully saturated rings. The van der Waals surface area contributed by atoms with Gasteiger partial charge in [-0.15, -0.1) is 0 Å². The van der Waals surface area contributed by atoms with Crippen molar-refractivity contribution < 1.29 is 18.7 Å². The molecule has 1 aromatic heterocycles. The van der Waals surface area contributed by atoms with Crippen LogP contribution >= 0.6 is 0 Å². The monoisotopic (exact) mass is 348 g/mol. The standard InChI is InChI=1S/C19H28N2O4/c1-3-5-15(2)21-14-19(25-18(21)23)9-11-20(12-10-19)17(22)8-7-16-6-4-13-24-16/h4,6,13,15H,3,5,7-12,14H2,1-2H3. The van der Waals surface area contributed by atoms with Crippen molar-refractivity contribution >= 4 is 12.0 Å². The van der Waals surface area contributed by atoms with Crippen LogP contribution in [0.15, 0.2) is 22.8 Å². The lowest BCUT2D eigenvalue weighted by molar-refractivity contribution is -0.134. The van der Waals surface area contributed by atoms with Crippen molar-refractivity contribution in [3.63, 3.8) is 0 Å². The molecule has 0 saturated carbocycles. The minimum absolute atomic E-state index is 0.145. The maximum atomic E-state index is 12.4. The third-order valence-electron chi connectivity index (χ3n) is 5.43. The van der Waals surface area contributed by atoms with Crippen LogP contribution in [0, 0.1) is 0 Å². The van der Waals surface area contributed by atoms with Crippen LogP contribution in [0.2, 0.25) is 0 Å². The molecule has 3 rings (SSSR count). The first kappa shape index (κ1) is 17.8. The summed E-state index contributed by atoms with van der Waals surface area (Å²) in [5, 5.41) is 0. The Balaban J connectivity index is 1.49. The molecular weight excluding hydrogens is 320 g/mol. The van der Waals surface area contributed by atoms with E-state index >= 15 is 0 Å². The summed E-state index contributed by atoms with van der Waals surface area (Å²) in [5.74, 6) is 0.985. The van der Waals surface area contributed by atoms with Gasteiger partial charge in [-0.1, -0.05) is 13.3 Å². The van der Waals surface area contributed by atoms with Crippen LogP contribution in [0.4, 0.5) is 4.79 Å². The predicted molar refractivity (Wildman–Crippen MR) is 93.1 cm³/mol.